The van der Waals surface area contributed by atoms with Crippen molar-refractivity contribution in [3.05, 3.63) is 35.9 Å². The zero-order valence-corrected chi connectivity index (χ0v) is 12.8. The highest BCUT2D eigenvalue weighted by atomic mass is 16.5. The lowest BCUT2D eigenvalue weighted by atomic mass is 9.85. The van der Waals surface area contributed by atoms with Crippen molar-refractivity contribution in [2.24, 2.45) is 0 Å². The molecule has 3 rings (SSSR count). The highest BCUT2D eigenvalue weighted by Gasteiger charge is 2.44. The third-order valence-electron chi connectivity index (χ3n) is 4.93. The van der Waals surface area contributed by atoms with Crippen molar-refractivity contribution in [3.63, 3.8) is 0 Å². The number of rotatable bonds is 4. The monoisotopic (exact) mass is 287 g/mol. The van der Waals surface area contributed by atoms with Crippen LogP contribution in [0.3, 0.4) is 0 Å². The van der Waals surface area contributed by atoms with Crippen LogP contribution in [0, 0.1) is 0 Å². The van der Waals surface area contributed by atoms with Crippen LogP contribution in [0.5, 0.6) is 0 Å². The first-order chi connectivity index (χ1) is 10.3. The van der Waals surface area contributed by atoms with Gasteiger partial charge in [0, 0.05) is 12.1 Å². The Balaban J connectivity index is 1.54. The molecule has 0 radical (unpaired) electrons. The Kier molecular flexibility index (Phi) is 4.59. The average molecular weight is 287 g/mol. The third kappa shape index (κ3) is 3.29. The Labute approximate surface area is 127 Å². The summed E-state index contributed by atoms with van der Waals surface area (Å²) in [6.07, 6.45) is 7.39. The molecule has 2 fully saturated rings. The van der Waals surface area contributed by atoms with Gasteiger partial charge in [0.1, 0.15) is 12.6 Å². The van der Waals surface area contributed by atoms with Crippen LogP contribution < -0.4 is 0 Å². The number of benzene rings is 1. The molecule has 3 nitrogen and oxygen atoms in total. The average Bonchev–Trinajstić information content (AvgIpc) is 2.52. The predicted molar refractivity (Wildman–Crippen MR) is 82.8 cm³/mol. The molecule has 0 spiro atoms. The number of carbonyl (C=O) groups is 1. The summed E-state index contributed by atoms with van der Waals surface area (Å²) >= 11 is 0. The van der Waals surface area contributed by atoms with Crippen LogP contribution in [0.1, 0.15) is 51.0 Å². The van der Waals surface area contributed by atoms with Crippen LogP contribution in [0.4, 0.5) is 0 Å². The molecule has 0 N–H and O–H groups in total. The van der Waals surface area contributed by atoms with E-state index in [2.05, 4.69) is 11.8 Å². The molecule has 3 heteroatoms. The maximum absolute atomic E-state index is 12.3. The largest absolute Gasteiger partial charge is 0.460 e. The number of hydrogen-bond acceptors (Lipinski definition) is 3. The minimum atomic E-state index is -0.0393. The van der Waals surface area contributed by atoms with Crippen molar-refractivity contribution in [2.45, 2.75) is 70.2 Å². The van der Waals surface area contributed by atoms with Crippen molar-refractivity contribution in [1.82, 2.24) is 4.90 Å². The van der Waals surface area contributed by atoms with Gasteiger partial charge in [0.25, 0.3) is 0 Å². The van der Waals surface area contributed by atoms with Crippen LogP contribution in [0.2, 0.25) is 0 Å². The van der Waals surface area contributed by atoms with Crippen molar-refractivity contribution >= 4 is 5.97 Å². The lowest BCUT2D eigenvalue weighted by Gasteiger charge is -2.51. The maximum atomic E-state index is 12.3. The molecule has 1 aliphatic heterocycles. The van der Waals surface area contributed by atoms with Crippen molar-refractivity contribution in [1.29, 1.82) is 0 Å². The molecule has 1 aromatic carbocycles. The smallest absolute Gasteiger partial charge is 0.323 e. The normalized spacial score (nSPS) is 27.1. The van der Waals surface area contributed by atoms with Gasteiger partial charge in [-0.25, -0.2) is 0 Å². The zero-order chi connectivity index (χ0) is 14.7. The highest BCUT2D eigenvalue weighted by Crippen LogP contribution is 2.35. The first-order valence-electron chi connectivity index (χ1n) is 8.23. The van der Waals surface area contributed by atoms with Gasteiger partial charge in [-0.05, 0) is 31.7 Å². The molecule has 0 bridgehead atoms. The second kappa shape index (κ2) is 6.61. The van der Waals surface area contributed by atoms with E-state index in [0.717, 1.165) is 12.0 Å². The number of nitrogens with zero attached hydrogens (tertiary/aromatic N) is 1. The summed E-state index contributed by atoms with van der Waals surface area (Å²) in [5.74, 6) is -0.0393. The van der Waals surface area contributed by atoms with E-state index in [0.29, 0.717) is 18.7 Å². The van der Waals surface area contributed by atoms with Gasteiger partial charge < -0.3 is 4.74 Å². The zero-order valence-electron chi connectivity index (χ0n) is 12.8. The number of ether oxygens (including phenoxy) is 1. The fourth-order valence-electron chi connectivity index (χ4n) is 3.77. The Bertz CT molecular complexity index is 467. The molecule has 2 atom stereocenters. The van der Waals surface area contributed by atoms with Gasteiger partial charge in [-0.3, -0.25) is 9.69 Å². The molecule has 1 heterocycles. The topological polar surface area (TPSA) is 29.5 Å². The van der Waals surface area contributed by atoms with Gasteiger partial charge in [0.2, 0.25) is 0 Å². The van der Waals surface area contributed by atoms with Crippen molar-refractivity contribution in [2.75, 3.05) is 0 Å². The molecule has 21 heavy (non-hydrogen) atoms. The molecule has 1 saturated heterocycles. The quantitative estimate of drug-likeness (QED) is 0.793. The Morgan fingerprint density at radius 3 is 2.57 bits per heavy atom. The summed E-state index contributed by atoms with van der Waals surface area (Å²) in [4.78, 5) is 14.7. The summed E-state index contributed by atoms with van der Waals surface area (Å²) in [7, 11) is 0. The molecule has 1 aliphatic carbocycles. The van der Waals surface area contributed by atoms with E-state index >= 15 is 0 Å². The number of carbonyl (C=O) groups excluding carboxylic acids is 1. The minimum Gasteiger partial charge on any atom is -0.460 e. The summed E-state index contributed by atoms with van der Waals surface area (Å²) in [6.45, 7) is 2.62. The molecule has 1 aromatic rings. The Morgan fingerprint density at radius 2 is 1.90 bits per heavy atom. The van der Waals surface area contributed by atoms with E-state index < -0.39 is 0 Å². The van der Waals surface area contributed by atoms with E-state index in [1.165, 1.54) is 32.1 Å². The van der Waals surface area contributed by atoms with E-state index in [1.807, 2.05) is 30.3 Å². The molecule has 0 aromatic heterocycles. The lowest BCUT2D eigenvalue weighted by Crippen LogP contribution is -2.62. The minimum absolute atomic E-state index is 0.00758. The standard InChI is InChI=1S/C18H25NO2/c1-14-12-17(19(14)16-10-6-3-7-11-16)18(20)21-13-15-8-4-2-5-9-15/h2,4-5,8-9,14,16-17H,3,6-7,10-13H2,1H3/t14-,17+/m0/s1. The van der Waals surface area contributed by atoms with Gasteiger partial charge in [-0.15, -0.1) is 0 Å². The first-order valence-corrected chi connectivity index (χ1v) is 8.23. The fourth-order valence-corrected chi connectivity index (χ4v) is 3.77. The maximum Gasteiger partial charge on any atom is 0.323 e. The second-order valence-electron chi connectivity index (χ2n) is 6.43. The lowest BCUT2D eigenvalue weighted by molar-refractivity contribution is -0.163. The molecule has 2 aliphatic rings. The van der Waals surface area contributed by atoms with Crippen molar-refractivity contribution < 1.29 is 9.53 Å². The summed E-state index contributed by atoms with van der Waals surface area (Å²) in [6, 6.07) is 11.0. The third-order valence-corrected chi connectivity index (χ3v) is 4.93. The molecular weight excluding hydrogens is 262 g/mol. The molecule has 0 unspecified atom stereocenters. The summed E-state index contributed by atoms with van der Waals surface area (Å²) in [5.41, 5.74) is 1.06. The number of hydrogen-bond donors (Lipinski definition) is 0. The number of esters is 1. The molecular formula is C18H25NO2. The fraction of sp³-hybridized carbons (Fsp3) is 0.611. The predicted octanol–water partition coefficient (Wildman–Crippen LogP) is 3.53. The first kappa shape index (κ1) is 14.6. The van der Waals surface area contributed by atoms with E-state index in [4.69, 9.17) is 4.74 Å². The Morgan fingerprint density at radius 1 is 1.19 bits per heavy atom. The van der Waals surface area contributed by atoms with Crippen molar-refractivity contribution in [3.8, 4) is 0 Å². The van der Waals surface area contributed by atoms with Gasteiger partial charge in [0.15, 0.2) is 0 Å². The summed E-state index contributed by atoms with van der Waals surface area (Å²) in [5, 5.41) is 0. The molecule has 114 valence electrons. The molecule has 0 amide bonds. The van der Waals surface area contributed by atoms with Crippen LogP contribution in [0.25, 0.3) is 0 Å². The second-order valence-corrected chi connectivity index (χ2v) is 6.43. The van der Waals surface area contributed by atoms with E-state index in [-0.39, 0.29) is 12.0 Å². The van der Waals surface area contributed by atoms with Gasteiger partial charge in [0.05, 0.1) is 0 Å². The SMILES string of the molecule is C[C@H]1C[C@H](C(=O)OCc2ccccc2)N1C1CCCCC1. The van der Waals surface area contributed by atoms with E-state index in [1.54, 1.807) is 0 Å². The van der Waals surface area contributed by atoms with Crippen LogP contribution in [-0.4, -0.2) is 29.0 Å². The van der Waals surface area contributed by atoms with Crippen LogP contribution >= 0.6 is 0 Å². The van der Waals surface area contributed by atoms with Crippen LogP contribution in [0.15, 0.2) is 30.3 Å². The Hall–Kier alpha value is -1.35. The molecule has 1 saturated carbocycles. The van der Waals surface area contributed by atoms with Gasteiger partial charge >= 0.3 is 5.97 Å². The van der Waals surface area contributed by atoms with E-state index in [9.17, 15) is 4.79 Å². The van der Waals surface area contributed by atoms with Gasteiger partial charge in [-0.2, -0.15) is 0 Å². The summed E-state index contributed by atoms with van der Waals surface area (Å²) < 4.78 is 5.52. The van der Waals surface area contributed by atoms with Crippen LogP contribution in [-0.2, 0) is 16.1 Å². The number of likely N-dealkylation sites (tertiary alicyclic amines) is 1. The van der Waals surface area contributed by atoms with Gasteiger partial charge in [-0.1, -0.05) is 49.6 Å². The highest BCUT2D eigenvalue weighted by molar-refractivity contribution is 5.77.